The Kier molecular flexibility index (Phi) is 6.50. The number of amides is 1. The largest absolute Gasteiger partial charge is 0.465 e. The quantitative estimate of drug-likeness (QED) is 0.511. The maximum absolute atomic E-state index is 12.1. The maximum atomic E-state index is 12.1. The van der Waals surface area contributed by atoms with Crippen molar-refractivity contribution in [1.29, 1.82) is 0 Å². The fraction of sp³-hybridized carbons (Fsp3) is 0.350. The number of ether oxygens (including phenoxy) is 1. The average Bonchev–Trinajstić information content (AvgIpc) is 2.65. The zero-order valence-electron chi connectivity index (χ0n) is 14.2. The normalized spacial score (nSPS) is 24.0. The van der Waals surface area contributed by atoms with Gasteiger partial charge in [-0.2, -0.15) is 0 Å². The predicted octanol–water partition coefficient (Wildman–Crippen LogP) is 4.21. The van der Waals surface area contributed by atoms with Gasteiger partial charge in [-0.3, -0.25) is 4.90 Å². The highest BCUT2D eigenvalue weighted by atomic mass is 127. The number of carbonyl (C=O) groups is 1. The molecule has 3 unspecified atom stereocenters. The molecule has 0 aromatic heterocycles. The van der Waals surface area contributed by atoms with Crippen molar-refractivity contribution in [2.45, 2.75) is 41.7 Å². The lowest BCUT2D eigenvalue weighted by Crippen LogP contribution is -2.46. The molecule has 1 aliphatic heterocycles. The second-order valence-electron chi connectivity index (χ2n) is 6.41. The van der Waals surface area contributed by atoms with Crippen molar-refractivity contribution in [3.05, 3.63) is 71.8 Å². The molecule has 1 saturated heterocycles. The molecule has 5 nitrogen and oxygen atoms in total. The summed E-state index contributed by atoms with van der Waals surface area (Å²) >= 11 is 2.18. The van der Waals surface area contributed by atoms with Gasteiger partial charge in [0.25, 0.3) is 0 Å². The van der Waals surface area contributed by atoms with Gasteiger partial charge >= 0.3 is 6.09 Å². The molecule has 3 rings (SSSR count). The second-order valence-corrected chi connectivity index (χ2v) is 8.01. The third kappa shape index (κ3) is 4.55. The molecule has 138 valence electrons. The van der Waals surface area contributed by atoms with E-state index in [4.69, 9.17) is 4.74 Å². The van der Waals surface area contributed by atoms with Gasteiger partial charge in [-0.1, -0.05) is 83.3 Å². The van der Waals surface area contributed by atoms with Gasteiger partial charge in [0.1, 0.15) is 0 Å². The molecule has 1 amide bonds. The number of nitrogens with zero attached hydrogens (tertiary/aromatic N) is 1. The monoisotopic (exact) mass is 467 g/mol. The van der Waals surface area contributed by atoms with Crippen molar-refractivity contribution in [3.8, 4) is 0 Å². The van der Waals surface area contributed by atoms with Crippen LogP contribution in [0.15, 0.2) is 60.7 Å². The molecule has 2 aromatic rings. The SMILES string of the molecule is O=C(O)N(Cc1ccccc1)C(c1ccccc1)[C@@H]1CCC(I)C(O)O1. The van der Waals surface area contributed by atoms with Crippen LogP contribution in [0.4, 0.5) is 4.79 Å². The van der Waals surface area contributed by atoms with Crippen LogP contribution in [-0.2, 0) is 11.3 Å². The zero-order valence-corrected chi connectivity index (χ0v) is 16.4. The molecular weight excluding hydrogens is 445 g/mol. The minimum absolute atomic E-state index is 0.0210. The number of hydrogen-bond donors (Lipinski definition) is 2. The fourth-order valence-electron chi connectivity index (χ4n) is 3.34. The van der Waals surface area contributed by atoms with E-state index < -0.39 is 24.5 Å². The number of hydrogen-bond acceptors (Lipinski definition) is 3. The van der Waals surface area contributed by atoms with E-state index in [2.05, 4.69) is 22.6 Å². The lowest BCUT2D eigenvalue weighted by molar-refractivity contribution is -0.173. The van der Waals surface area contributed by atoms with E-state index in [-0.39, 0.29) is 10.5 Å². The topological polar surface area (TPSA) is 70.0 Å². The molecular formula is C20H22INO4. The van der Waals surface area contributed by atoms with Gasteiger partial charge in [-0.25, -0.2) is 4.79 Å². The Hall–Kier alpha value is -1.64. The maximum Gasteiger partial charge on any atom is 0.408 e. The van der Waals surface area contributed by atoms with E-state index in [0.29, 0.717) is 6.42 Å². The predicted molar refractivity (Wildman–Crippen MR) is 107 cm³/mol. The van der Waals surface area contributed by atoms with Crippen molar-refractivity contribution >= 4 is 28.7 Å². The van der Waals surface area contributed by atoms with E-state index in [1.54, 1.807) is 0 Å². The smallest absolute Gasteiger partial charge is 0.408 e. The first kappa shape index (κ1) is 19.1. The molecule has 1 heterocycles. The Morgan fingerprint density at radius 3 is 2.31 bits per heavy atom. The lowest BCUT2D eigenvalue weighted by Gasteiger charge is -2.40. The molecule has 2 aromatic carbocycles. The van der Waals surface area contributed by atoms with Gasteiger partial charge in [-0.15, -0.1) is 0 Å². The summed E-state index contributed by atoms with van der Waals surface area (Å²) in [5.41, 5.74) is 1.79. The van der Waals surface area contributed by atoms with Crippen molar-refractivity contribution in [2.75, 3.05) is 0 Å². The number of aliphatic hydroxyl groups is 1. The first-order chi connectivity index (χ1) is 12.6. The van der Waals surface area contributed by atoms with E-state index >= 15 is 0 Å². The van der Waals surface area contributed by atoms with Gasteiger partial charge < -0.3 is 14.9 Å². The van der Waals surface area contributed by atoms with Crippen LogP contribution >= 0.6 is 22.6 Å². The highest BCUT2D eigenvalue weighted by Crippen LogP contribution is 2.36. The summed E-state index contributed by atoms with van der Waals surface area (Å²) in [4.78, 5) is 13.5. The number of carboxylic acid groups (broad SMARTS) is 1. The average molecular weight is 467 g/mol. The molecule has 0 bridgehead atoms. The third-order valence-corrected chi connectivity index (χ3v) is 5.86. The van der Waals surface area contributed by atoms with Crippen LogP contribution in [0.1, 0.15) is 30.0 Å². The van der Waals surface area contributed by atoms with Crippen LogP contribution in [0.5, 0.6) is 0 Å². The number of rotatable bonds is 5. The molecule has 2 N–H and O–H groups in total. The number of benzene rings is 2. The standard InChI is InChI=1S/C20H22INO4/c21-16-11-12-17(26-19(16)23)18(15-9-5-2-6-10-15)22(20(24)25)13-14-7-3-1-4-8-14/h1-10,16-19,23H,11-13H2,(H,24,25)/t16?,17-,18?,19?/m0/s1. The molecule has 0 radical (unpaired) electrons. The van der Waals surface area contributed by atoms with Crippen LogP contribution < -0.4 is 0 Å². The Morgan fingerprint density at radius 1 is 1.12 bits per heavy atom. The molecule has 26 heavy (non-hydrogen) atoms. The van der Waals surface area contributed by atoms with Crippen molar-refractivity contribution in [2.24, 2.45) is 0 Å². The van der Waals surface area contributed by atoms with E-state index in [1.807, 2.05) is 60.7 Å². The molecule has 4 atom stereocenters. The summed E-state index contributed by atoms with van der Waals surface area (Å²) in [6.45, 7) is 0.263. The third-order valence-electron chi connectivity index (χ3n) is 4.62. The van der Waals surface area contributed by atoms with Crippen molar-refractivity contribution in [1.82, 2.24) is 4.90 Å². The summed E-state index contributed by atoms with van der Waals surface area (Å²) in [6.07, 6.45) is -0.791. The van der Waals surface area contributed by atoms with Crippen LogP contribution in [0, 0.1) is 0 Å². The first-order valence-corrected chi connectivity index (χ1v) is 9.87. The number of aliphatic hydroxyl groups excluding tert-OH is 1. The highest BCUT2D eigenvalue weighted by molar-refractivity contribution is 14.1. The highest BCUT2D eigenvalue weighted by Gasteiger charge is 2.38. The van der Waals surface area contributed by atoms with Crippen LogP contribution in [0.2, 0.25) is 0 Å². The molecule has 6 heteroatoms. The number of alkyl halides is 1. The van der Waals surface area contributed by atoms with Gasteiger partial charge in [0.15, 0.2) is 6.29 Å². The summed E-state index contributed by atoms with van der Waals surface area (Å²) in [5.74, 6) is 0. The van der Waals surface area contributed by atoms with Crippen LogP contribution in [0.25, 0.3) is 0 Å². The minimum atomic E-state index is -1.00. The molecule has 0 aliphatic carbocycles. The van der Waals surface area contributed by atoms with Gasteiger partial charge in [0.2, 0.25) is 0 Å². The number of halogens is 1. The van der Waals surface area contributed by atoms with Crippen LogP contribution in [-0.4, -0.2) is 37.5 Å². The van der Waals surface area contributed by atoms with Gasteiger partial charge in [0.05, 0.1) is 16.1 Å². The lowest BCUT2D eigenvalue weighted by atomic mass is 9.93. The van der Waals surface area contributed by atoms with E-state index in [0.717, 1.165) is 17.5 Å². The molecule has 1 aliphatic rings. The van der Waals surface area contributed by atoms with E-state index in [1.165, 1.54) is 4.90 Å². The summed E-state index contributed by atoms with van der Waals surface area (Å²) in [5, 5.41) is 20.1. The van der Waals surface area contributed by atoms with Crippen LogP contribution in [0.3, 0.4) is 0 Å². The Morgan fingerprint density at radius 2 is 1.73 bits per heavy atom. The van der Waals surface area contributed by atoms with Crippen molar-refractivity contribution in [3.63, 3.8) is 0 Å². The minimum Gasteiger partial charge on any atom is -0.465 e. The zero-order chi connectivity index (χ0) is 18.5. The fourth-order valence-corrected chi connectivity index (χ4v) is 3.87. The van der Waals surface area contributed by atoms with Crippen molar-refractivity contribution < 1.29 is 19.7 Å². The van der Waals surface area contributed by atoms with Gasteiger partial charge in [-0.05, 0) is 24.0 Å². The summed E-state index contributed by atoms with van der Waals surface area (Å²) in [7, 11) is 0. The second kappa shape index (κ2) is 8.83. The Bertz CT molecular complexity index is 712. The van der Waals surface area contributed by atoms with E-state index in [9.17, 15) is 15.0 Å². The molecule has 0 saturated carbocycles. The molecule has 0 spiro atoms. The van der Waals surface area contributed by atoms with Gasteiger partial charge in [0, 0.05) is 6.54 Å². The first-order valence-electron chi connectivity index (χ1n) is 8.62. The Labute approximate surface area is 166 Å². The molecule has 1 fully saturated rings. The summed E-state index contributed by atoms with van der Waals surface area (Å²) < 4.78 is 5.85. The summed E-state index contributed by atoms with van der Waals surface area (Å²) in [6, 6.07) is 18.6. The Balaban J connectivity index is 1.93.